The second-order valence-electron chi connectivity index (χ2n) is 4.38. The summed E-state index contributed by atoms with van der Waals surface area (Å²) in [6.45, 7) is 0.162. The summed E-state index contributed by atoms with van der Waals surface area (Å²) in [6, 6.07) is 11.6. The van der Waals surface area contributed by atoms with Crippen LogP contribution in [-0.4, -0.2) is 30.2 Å². The van der Waals surface area contributed by atoms with Crippen molar-refractivity contribution < 1.29 is 4.79 Å². The van der Waals surface area contributed by atoms with E-state index in [0.29, 0.717) is 0 Å². The molecule has 2 aromatic rings. The molecule has 3 rings (SSSR count). The van der Waals surface area contributed by atoms with Gasteiger partial charge in [-0.15, -0.1) is 0 Å². The molecule has 0 aliphatic carbocycles. The summed E-state index contributed by atoms with van der Waals surface area (Å²) in [6.07, 6.45) is 3.50. The Morgan fingerprint density at radius 2 is 2.00 bits per heavy atom. The number of anilines is 1. The summed E-state index contributed by atoms with van der Waals surface area (Å²) in [5.41, 5.74) is 3.59. The van der Waals surface area contributed by atoms with Crippen molar-refractivity contribution in [2.24, 2.45) is 4.99 Å². The van der Waals surface area contributed by atoms with Crippen molar-refractivity contribution in [2.75, 3.05) is 18.5 Å². The first-order valence-corrected chi connectivity index (χ1v) is 6.08. The quantitative estimate of drug-likeness (QED) is 0.777. The number of hydrogen-bond acceptors (Lipinski definition) is 3. The number of rotatable bonds is 1. The van der Waals surface area contributed by atoms with Gasteiger partial charge in [0.1, 0.15) is 6.54 Å². The number of nitrogens with zero attached hydrogens (tertiary/aromatic N) is 3. The van der Waals surface area contributed by atoms with Gasteiger partial charge in [0.2, 0.25) is 5.91 Å². The number of benzodiazepines with no additional fused rings is 1. The first kappa shape index (κ1) is 11.6. The average Bonchev–Trinajstić information content (AvgIpc) is 2.59. The van der Waals surface area contributed by atoms with Crippen molar-refractivity contribution in [3.05, 3.63) is 59.9 Å². The standard InChI is InChI=1S/C15H13N3O/c1-18-13-7-3-2-6-12(13)15(17-10-14(18)19)11-5-4-8-16-9-11/h2-9H,10H2,1H3. The zero-order valence-corrected chi connectivity index (χ0v) is 10.6. The number of hydrogen-bond donors (Lipinski definition) is 0. The second kappa shape index (κ2) is 4.65. The third kappa shape index (κ3) is 2.01. The fourth-order valence-electron chi connectivity index (χ4n) is 2.19. The highest BCUT2D eigenvalue weighted by atomic mass is 16.2. The molecule has 1 amide bonds. The van der Waals surface area contributed by atoms with Crippen molar-refractivity contribution in [1.29, 1.82) is 0 Å². The minimum atomic E-state index is -0.00802. The Hall–Kier alpha value is -2.49. The first-order valence-electron chi connectivity index (χ1n) is 6.08. The molecule has 0 atom stereocenters. The predicted octanol–water partition coefficient (Wildman–Crippen LogP) is 1.90. The van der Waals surface area contributed by atoms with E-state index in [4.69, 9.17) is 0 Å². The molecule has 4 heteroatoms. The fraction of sp³-hybridized carbons (Fsp3) is 0.133. The van der Waals surface area contributed by atoms with Crippen molar-refractivity contribution >= 4 is 17.3 Å². The number of amides is 1. The Bertz CT molecular complexity index is 649. The SMILES string of the molecule is CN1C(=O)CN=C(c2cccnc2)c2ccccc21. The molecule has 0 saturated heterocycles. The third-order valence-electron chi connectivity index (χ3n) is 3.20. The van der Waals surface area contributed by atoms with Crippen molar-refractivity contribution in [1.82, 2.24) is 4.98 Å². The highest BCUT2D eigenvalue weighted by Gasteiger charge is 2.21. The van der Waals surface area contributed by atoms with Crippen LogP contribution in [0.2, 0.25) is 0 Å². The zero-order chi connectivity index (χ0) is 13.2. The highest BCUT2D eigenvalue weighted by molar-refractivity contribution is 6.19. The largest absolute Gasteiger partial charge is 0.313 e. The Labute approximate surface area is 111 Å². The molecule has 1 aromatic carbocycles. The molecule has 0 bridgehead atoms. The smallest absolute Gasteiger partial charge is 0.248 e. The monoisotopic (exact) mass is 251 g/mol. The number of carbonyl (C=O) groups is 1. The number of fused-ring (bicyclic) bond motifs is 1. The number of carbonyl (C=O) groups excluding carboxylic acids is 1. The number of aliphatic imine (C=N–C) groups is 1. The molecular weight excluding hydrogens is 238 g/mol. The first-order chi connectivity index (χ1) is 9.27. The van der Waals surface area contributed by atoms with E-state index in [1.54, 1.807) is 24.3 Å². The van der Waals surface area contributed by atoms with Crippen LogP contribution in [0.15, 0.2) is 53.8 Å². The minimum Gasteiger partial charge on any atom is -0.313 e. The maximum atomic E-state index is 12.0. The van der Waals surface area contributed by atoms with E-state index < -0.39 is 0 Å². The third-order valence-corrected chi connectivity index (χ3v) is 3.20. The fourth-order valence-corrected chi connectivity index (χ4v) is 2.19. The molecule has 0 spiro atoms. The van der Waals surface area contributed by atoms with E-state index in [2.05, 4.69) is 9.98 Å². The summed E-state index contributed by atoms with van der Waals surface area (Å²) in [5.74, 6) is -0.00802. The summed E-state index contributed by atoms with van der Waals surface area (Å²) in [4.78, 5) is 22.2. The van der Waals surface area contributed by atoms with Crippen LogP contribution in [0.4, 0.5) is 5.69 Å². The summed E-state index contributed by atoms with van der Waals surface area (Å²) in [7, 11) is 1.78. The van der Waals surface area contributed by atoms with Gasteiger partial charge in [0, 0.05) is 30.6 Å². The molecule has 2 heterocycles. The maximum absolute atomic E-state index is 12.0. The lowest BCUT2D eigenvalue weighted by molar-refractivity contribution is -0.116. The van der Waals surface area contributed by atoms with Crippen LogP contribution >= 0.6 is 0 Å². The van der Waals surface area contributed by atoms with E-state index in [9.17, 15) is 4.79 Å². The molecule has 4 nitrogen and oxygen atoms in total. The molecule has 0 radical (unpaired) electrons. The molecular formula is C15H13N3O. The molecule has 0 saturated carbocycles. The van der Waals surface area contributed by atoms with Crippen LogP contribution in [-0.2, 0) is 4.79 Å². The average molecular weight is 251 g/mol. The van der Waals surface area contributed by atoms with Crippen LogP contribution in [0.3, 0.4) is 0 Å². The molecule has 0 unspecified atom stereocenters. The van der Waals surface area contributed by atoms with Gasteiger partial charge in [-0.1, -0.05) is 18.2 Å². The van der Waals surface area contributed by atoms with Crippen LogP contribution in [0.25, 0.3) is 0 Å². The summed E-state index contributed by atoms with van der Waals surface area (Å²) >= 11 is 0. The summed E-state index contributed by atoms with van der Waals surface area (Å²) in [5, 5.41) is 0. The van der Waals surface area contributed by atoms with Crippen molar-refractivity contribution in [3.8, 4) is 0 Å². The lowest BCUT2D eigenvalue weighted by Gasteiger charge is -2.17. The predicted molar refractivity (Wildman–Crippen MR) is 74.6 cm³/mol. The maximum Gasteiger partial charge on any atom is 0.248 e. The van der Waals surface area contributed by atoms with Crippen molar-refractivity contribution in [2.45, 2.75) is 0 Å². The number of pyridine rings is 1. The van der Waals surface area contributed by atoms with E-state index in [-0.39, 0.29) is 12.5 Å². The molecule has 19 heavy (non-hydrogen) atoms. The Kier molecular flexibility index (Phi) is 2.83. The molecule has 1 aliphatic heterocycles. The number of para-hydroxylation sites is 1. The van der Waals surface area contributed by atoms with Crippen LogP contribution < -0.4 is 4.90 Å². The van der Waals surface area contributed by atoms with Gasteiger partial charge >= 0.3 is 0 Å². The van der Waals surface area contributed by atoms with Gasteiger partial charge in [0.05, 0.1) is 11.4 Å². The lowest BCUT2D eigenvalue weighted by atomic mass is 10.0. The Morgan fingerprint density at radius 3 is 2.79 bits per heavy atom. The van der Waals surface area contributed by atoms with Gasteiger partial charge in [-0.3, -0.25) is 14.8 Å². The Balaban J connectivity index is 2.20. The number of aromatic nitrogens is 1. The van der Waals surface area contributed by atoms with E-state index >= 15 is 0 Å². The number of benzene rings is 1. The van der Waals surface area contributed by atoms with Gasteiger partial charge in [-0.2, -0.15) is 0 Å². The van der Waals surface area contributed by atoms with E-state index in [1.807, 2.05) is 36.4 Å². The van der Waals surface area contributed by atoms with Crippen LogP contribution in [0, 0.1) is 0 Å². The molecule has 0 fully saturated rings. The topological polar surface area (TPSA) is 45.6 Å². The molecule has 1 aliphatic rings. The number of likely N-dealkylation sites (N-methyl/N-ethyl adjacent to an activating group) is 1. The molecule has 94 valence electrons. The highest BCUT2D eigenvalue weighted by Crippen LogP contribution is 2.25. The second-order valence-corrected chi connectivity index (χ2v) is 4.38. The van der Waals surface area contributed by atoms with Crippen LogP contribution in [0.1, 0.15) is 11.1 Å². The van der Waals surface area contributed by atoms with Gasteiger partial charge in [-0.25, -0.2) is 0 Å². The molecule has 1 aromatic heterocycles. The normalized spacial score (nSPS) is 14.7. The zero-order valence-electron chi connectivity index (χ0n) is 10.6. The molecule has 0 N–H and O–H groups in total. The summed E-state index contributed by atoms with van der Waals surface area (Å²) < 4.78 is 0. The lowest BCUT2D eigenvalue weighted by Crippen LogP contribution is -2.27. The van der Waals surface area contributed by atoms with Gasteiger partial charge < -0.3 is 4.90 Å². The van der Waals surface area contributed by atoms with E-state index in [0.717, 1.165) is 22.5 Å². The van der Waals surface area contributed by atoms with Crippen LogP contribution in [0.5, 0.6) is 0 Å². The van der Waals surface area contributed by atoms with Gasteiger partial charge in [0.25, 0.3) is 0 Å². The van der Waals surface area contributed by atoms with Gasteiger partial charge in [-0.05, 0) is 18.2 Å². The minimum absolute atomic E-state index is 0.00802. The van der Waals surface area contributed by atoms with E-state index in [1.165, 1.54) is 0 Å². The van der Waals surface area contributed by atoms with Gasteiger partial charge in [0.15, 0.2) is 0 Å². The Morgan fingerprint density at radius 1 is 1.16 bits per heavy atom. The van der Waals surface area contributed by atoms with Crippen molar-refractivity contribution in [3.63, 3.8) is 0 Å².